The predicted molar refractivity (Wildman–Crippen MR) is 78.3 cm³/mol. The van der Waals surface area contributed by atoms with Gasteiger partial charge in [-0.05, 0) is 30.3 Å². The van der Waals surface area contributed by atoms with Crippen molar-refractivity contribution in [2.24, 2.45) is 0 Å². The van der Waals surface area contributed by atoms with Crippen molar-refractivity contribution in [1.82, 2.24) is 5.48 Å². The Morgan fingerprint density at radius 1 is 1.26 bits per heavy atom. The Balaban J connectivity index is 2.38. The van der Waals surface area contributed by atoms with Crippen LogP contribution in [0.5, 0.6) is 0 Å². The molecule has 1 amide bonds. The van der Waals surface area contributed by atoms with Crippen LogP contribution in [-0.2, 0) is 9.63 Å². The highest BCUT2D eigenvalue weighted by Gasteiger charge is 2.02. The van der Waals surface area contributed by atoms with E-state index in [2.05, 4.69) is 46.1 Å². The second kappa shape index (κ2) is 7.43. The number of anilines is 2. The molecule has 0 aliphatic rings. The van der Waals surface area contributed by atoms with Gasteiger partial charge in [-0.2, -0.15) is 0 Å². The lowest BCUT2D eigenvalue weighted by atomic mass is 10.2. The van der Waals surface area contributed by atoms with Gasteiger partial charge < -0.3 is 9.80 Å². The fraction of sp³-hybridized carbons (Fsp3) is 0.357. The van der Waals surface area contributed by atoms with Crippen molar-refractivity contribution in [2.75, 3.05) is 44.1 Å². The predicted octanol–water partition coefficient (Wildman–Crippen LogP) is 1.42. The Morgan fingerprint density at radius 3 is 2.37 bits per heavy atom. The molecule has 1 aromatic rings. The van der Waals surface area contributed by atoms with Crippen LogP contribution < -0.4 is 15.3 Å². The zero-order valence-corrected chi connectivity index (χ0v) is 11.7. The fourth-order valence-corrected chi connectivity index (χ4v) is 1.48. The van der Waals surface area contributed by atoms with E-state index < -0.39 is 0 Å². The van der Waals surface area contributed by atoms with Gasteiger partial charge in [0.1, 0.15) is 0 Å². The van der Waals surface area contributed by atoms with E-state index in [1.807, 2.05) is 21.1 Å². The summed E-state index contributed by atoms with van der Waals surface area (Å²) in [5.41, 5.74) is 4.53. The van der Waals surface area contributed by atoms with Crippen LogP contribution in [0.1, 0.15) is 0 Å². The minimum Gasteiger partial charge on any atom is -0.378 e. The van der Waals surface area contributed by atoms with E-state index in [9.17, 15) is 4.79 Å². The van der Waals surface area contributed by atoms with Crippen molar-refractivity contribution < 1.29 is 9.63 Å². The molecule has 19 heavy (non-hydrogen) atoms. The van der Waals surface area contributed by atoms with Gasteiger partial charge in [-0.3, -0.25) is 9.63 Å². The number of hydrogen-bond donors (Lipinski definition) is 1. The molecule has 0 bridgehead atoms. The maximum atomic E-state index is 10.9. The number of likely N-dealkylation sites (N-methyl/N-ethyl adjacent to an activating group) is 1. The second-order valence-electron chi connectivity index (χ2n) is 4.35. The van der Waals surface area contributed by atoms with Gasteiger partial charge in [-0.1, -0.05) is 6.58 Å². The Bertz CT molecular complexity index is 415. The van der Waals surface area contributed by atoms with Crippen LogP contribution >= 0.6 is 0 Å². The van der Waals surface area contributed by atoms with Gasteiger partial charge in [-0.25, -0.2) is 5.48 Å². The van der Waals surface area contributed by atoms with Gasteiger partial charge >= 0.3 is 0 Å². The van der Waals surface area contributed by atoms with Crippen molar-refractivity contribution in [1.29, 1.82) is 0 Å². The molecule has 0 heterocycles. The lowest BCUT2D eigenvalue weighted by Gasteiger charge is -2.20. The minimum absolute atomic E-state index is 0.335. The summed E-state index contributed by atoms with van der Waals surface area (Å²) in [6.07, 6.45) is 1.17. The standard InChI is InChI=1S/C14H21N3O2/c1-5-14(18)15-19-11-10-17(4)13-8-6-12(7-9-13)16(2)3/h5-9H,1,10-11H2,2-4H3,(H,15,18). The zero-order chi connectivity index (χ0) is 14.3. The molecular weight excluding hydrogens is 242 g/mol. The number of nitrogens with zero attached hydrogens (tertiary/aromatic N) is 2. The number of hydroxylamine groups is 1. The summed E-state index contributed by atoms with van der Waals surface area (Å²) in [6, 6.07) is 8.23. The van der Waals surface area contributed by atoms with Gasteiger partial charge in [0, 0.05) is 39.1 Å². The normalized spacial score (nSPS) is 9.84. The van der Waals surface area contributed by atoms with Crippen molar-refractivity contribution in [3.05, 3.63) is 36.9 Å². The topological polar surface area (TPSA) is 44.8 Å². The van der Waals surface area contributed by atoms with Crippen molar-refractivity contribution in [3.8, 4) is 0 Å². The second-order valence-corrected chi connectivity index (χ2v) is 4.35. The first kappa shape index (κ1) is 15.0. The molecule has 0 aromatic heterocycles. The summed E-state index contributed by atoms with van der Waals surface area (Å²) in [5, 5.41) is 0. The largest absolute Gasteiger partial charge is 0.378 e. The average Bonchev–Trinajstić information content (AvgIpc) is 2.43. The maximum absolute atomic E-state index is 10.9. The molecule has 5 heteroatoms. The number of benzene rings is 1. The summed E-state index contributed by atoms with van der Waals surface area (Å²) in [6.45, 7) is 4.43. The van der Waals surface area contributed by atoms with Crippen molar-refractivity contribution in [2.45, 2.75) is 0 Å². The molecule has 1 rings (SSSR count). The van der Waals surface area contributed by atoms with E-state index >= 15 is 0 Å². The lowest BCUT2D eigenvalue weighted by molar-refractivity contribution is -0.128. The highest BCUT2D eigenvalue weighted by Crippen LogP contribution is 2.18. The van der Waals surface area contributed by atoms with E-state index in [1.54, 1.807) is 0 Å². The van der Waals surface area contributed by atoms with Gasteiger partial charge in [0.05, 0.1) is 6.61 Å². The molecule has 0 aliphatic carbocycles. The van der Waals surface area contributed by atoms with Crippen LogP contribution in [-0.4, -0.2) is 40.2 Å². The van der Waals surface area contributed by atoms with Crippen LogP contribution in [0.3, 0.4) is 0 Å². The molecule has 0 spiro atoms. The van der Waals surface area contributed by atoms with Gasteiger partial charge in [0.25, 0.3) is 5.91 Å². The Morgan fingerprint density at radius 2 is 1.84 bits per heavy atom. The molecular formula is C14H21N3O2. The summed E-state index contributed by atoms with van der Waals surface area (Å²) in [5.74, 6) is -0.335. The first-order chi connectivity index (χ1) is 9.04. The first-order valence-corrected chi connectivity index (χ1v) is 6.07. The van der Waals surface area contributed by atoms with E-state index in [4.69, 9.17) is 4.84 Å². The highest BCUT2D eigenvalue weighted by atomic mass is 16.6. The molecule has 104 valence electrons. The molecule has 0 fully saturated rings. The van der Waals surface area contributed by atoms with Crippen LogP contribution in [0, 0.1) is 0 Å². The van der Waals surface area contributed by atoms with Crippen LogP contribution in [0.4, 0.5) is 11.4 Å². The summed E-state index contributed by atoms with van der Waals surface area (Å²) in [7, 11) is 5.99. The molecule has 1 aromatic carbocycles. The highest BCUT2D eigenvalue weighted by molar-refractivity contribution is 5.85. The number of nitrogens with one attached hydrogen (secondary N) is 1. The summed E-state index contributed by atoms with van der Waals surface area (Å²) < 4.78 is 0. The number of amides is 1. The number of carbonyl (C=O) groups excluding carboxylic acids is 1. The third-order valence-electron chi connectivity index (χ3n) is 2.69. The van der Waals surface area contributed by atoms with E-state index in [-0.39, 0.29) is 5.91 Å². The molecule has 5 nitrogen and oxygen atoms in total. The number of hydrogen-bond acceptors (Lipinski definition) is 4. The van der Waals surface area contributed by atoms with Gasteiger partial charge in [-0.15, -0.1) is 0 Å². The SMILES string of the molecule is C=CC(=O)NOCCN(C)c1ccc(N(C)C)cc1. The van der Waals surface area contributed by atoms with Crippen molar-refractivity contribution in [3.63, 3.8) is 0 Å². The van der Waals surface area contributed by atoms with Crippen molar-refractivity contribution >= 4 is 17.3 Å². The first-order valence-electron chi connectivity index (χ1n) is 6.07. The fourth-order valence-electron chi connectivity index (χ4n) is 1.48. The molecule has 0 saturated carbocycles. The van der Waals surface area contributed by atoms with Crippen LogP contribution in [0.2, 0.25) is 0 Å². The zero-order valence-electron chi connectivity index (χ0n) is 11.7. The molecule has 1 N–H and O–H groups in total. The van der Waals surface area contributed by atoms with E-state index in [0.29, 0.717) is 13.2 Å². The average molecular weight is 263 g/mol. The minimum atomic E-state index is -0.335. The lowest BCUT2D eigenvalue weighted by Crippen LogP contribution is -2.28. The molecule has 0 saturated heterocycles. The van der Waals surface area contributed by atoms with Crippen LogP contribution in [0.15, 0.2) is 36.9 Å². The Labute approximate surface area is 114 Å². The molecule has 0 unspecified atom stereocenters. The monoisotopic (exact) mass is 263 g/mol. The Hall–Kier alpha value is -2.01. The van der Waals surface area contributed by atoms with E-state index in [0.717, 1.165) is 11.4 Å². The quantitative estimate of drug-likeness (QED) is 0.459. The molecule has 0 atom stereocenters. The third kappa shape index (κ3) is 5.01. The Kier molecular flexibility index (Phi) is 5.89. The maximum Gasteiger partial charge on any atom is 0.266 e. The van der Waals surface area contributed by atoms with E-state index in [1.165, 1.54) is 6.08 Å². The third-order valence-corrected chi connectivity index (χ3v) is 2.69. The number of carbonyl (C=O) groups is 1. The summed E-state index contributed by atoms with van der Waals surface area (Å²) >= 11 is 0. The number of rotatable bonds is 7. The smallest absolute Gasteiger partial charge is 0.266 e. The molecule has 0 radical (unpaired) electrons. The van der Waals surface area contributed by atoms with Gasteiger partial charge in [0.15, 0.2) is 0 Å². The molecule has 0 aliphatic heterocycles. The van der Waals surface area contributed by atoms with Gasteiger partial charge in [0.2, 0.25) is 0 Å². The van der Waals surface area contributed by atoms with Crippen LogP contribution in [0.25, 0.3) is 0 Å². The summed E-state index contributed by atoms with van der Waals surface area (Å²) in [4.78, 5) is 20.0.